The van der Waals surface area contributed by atoms with Gasteiger partial charge in [-0.3, -0.25) is 4.74 Å². The molecule has 0 aliphatic heterocycles. The first kappa shape index (κ1) is 20.0. The maximum absolute atomic E-state index is 12.7. The van der Waals surface area contributed by atoms with Crippen molar-refractivity contribution in [2.45, 2.75) is 36.3 Å². The fraction of sp³-hybridized carbons (Fsp3) is 1.00. The fourth-order valence-electron chi connectivity index (χ4n) is 0.696. The van der Waals surface area contributed by atoms with Gasteiger partial charge in [-0.05, 0) is 0 Å². The van der Waals surface area contributed by atoms with Crippen molar-refractivity contribution in [3.63, 3.8) is 0 Å². The average Bonchev–Trinajstić information content (AvgIpc) is 2.10. The molecule has 0 fully saturated rings. The third-order valence-corrected chi connectivity index (χ3v) is 1.74. The summed E-state index contributed by atoms with van der Waals surface area (Å²) in [6.45, 7) is 0. The first-order chi connectivity index (χ1) is 8.71. The van der Waals surface area contributed by atoms with Gasteiger partial charge in [-0.15, -0.1) is 0 Å². The van der Waals surface area contributed by atoms with Gasteiger partial charge in [0.2, 0.25) is 0 Å². The number of hydrogen-bond acceptors (Lipinski definition) is 2. The van der Waals surface area contributed by atoms with E-state index in [1.807, 2.05) is 0 Å². The highest BCUT2D eigenvalue weighted by atomic mass is 19.4. The highest BCUT2D eigenvalue weighted by molar-refractivity contribution is 4.92. The number of ether oxygens (including phenoxy) is 1. The lowest BCUT2D eigenvalue weighted by Crippen LogP contribution is -2.64. The molecule has 21 heavy (non-hydrogen) atoms. The zero-order valence-corrected chi connectivity index (χ0v) is 8.77. The van der Waals surface area contributed by atoms with Crippen molar-refractivity contribution in [3.05, 3.63) is 0 Å². The van der Waals surface area contributed by atoms with Crippen LogP contribution in [0.5, 0.6) is 0 Å². The van der Waals surface area contributed by atoms with Gasteiger partial charge in [-0.2, -0.15) is 57.1 Å². The van der Waals surface area contributed by atoms with Crippen molar-refractivity contribution in [3.8, 4) is 0 Å². The highest BCUT2D eigenvalue weighted by Gasteiger charge is 2.82. The number of aliphatic hydroxyl groups is 1. The Balaban J connectivity index is 5.89. The third kappa shape index (κ3) is 3.27. The van der Waals surface area contributed by atoms with Gasteiger partial charge in [0.05, 0.1) is 0 Å². The monoisotopic (exact) mass is 352 g/mol. The molecular weight excluding hydrogens is 351 g/mol. The minimum Gasteiger partial charge on any atom is -0.331 e. The molecule has 1 atom stereocenters. The van der Waals surface area contributed by atoms with Crippen LogP contribution in [-0.4, -0.2) is 41.5 Å². The van der Waals surface area contributed by atoms with E-state index in [-0.39, 0.29) is 0 Å². The van der Waals surface area contributed by atoms with Gasteiger partial charge in [0.1, 0.15) is 0 Å². The quantitative estimate of drug-likeness (QED) is 0.784. The molecule has 2 nitrogen and oxygen atoms in total. The van der Waals surface area contributed by atoms with Crippen molar-refractivity contribution in [1.29, 1.82) is 0 Å². The van der Waals surface area contributed by atoms with E-state index in [0.29, 0.717) is 0 Å². The minimum absolute atomic E-state index is 1.35. The largest absolute Gasteiger partial charge is 0.462 e. The Morgan fingerprint density at radius 1 is 0.571 bits per heavy atom. The average molecular weight is 352 g/mol. The van der Waals surface area contributed by atoms with Gasteiger partial charge in [0, 0.05) is 0 Å². The predicted octanol–water partition coefficient (Wildman–Crippen LogP) is 3.61. The Labute approximate surface area is 105 Å². The van der Waals surface area contributed by atoms with Crippen molar-refractivity contribution < 1.29 is 66.9 Å². The lowest BCUT2D eigenvalue weighted by molar-refractivity contribution is -0.529. The van der Waals surface area contributed by atoms with Crippen LogP contribution in [0.25, 0.3) is 0 Å². The molecule has 0 aliphatic carbocycles. The Kier molecular flexibility index (Phi) is 4.53. The number of rotatable bonds is 4. The summed E-state index contributed by atoms with van der Waals surface area (Å²) < 4.78 is 157. The van der Waals surface area contributed by atoms with Crippen LogP contribution >= 0.6 is 0 Å². The molecule has 0 bridgehead atoms. The van der Waals surface area contributed by atoms with E-state index in [2.05, 4.69) is 0 Å². The van der Waals surface area contributed by atoms with Crippen LogP contribution in [0.15, 0.2) is 0 Å². The summed E-state index contributed by atoms with van der Waals surface area (Å²) >= 11 is 0. The summed E-state index contributed by atoms with van der Waals surface area (Å²) in [5.74, 6) is -14.7. The molecule has 0 radical (unpaired) electrons. The first-order valence-electron chi connectivity index (χ1n) is 4.09. The molecule has 0 aliphatic rings. The number of halogens is 13. The molecular formula is C6HF13O2. The van der Waals surface area contributed by atoms with Gasteiger partial charge in [-0.1, -0.05) is 0 Å². The standard InChI is InChI=1S/C6HF13O2/c7-1(8,3(10,11)12)6(18,19)21-2(9,4(13,14)15)5(16,17)20/h20H. The van der Waals surface area contributed by atoms with E-state index in [1.165, 1.54) is 4.74 Å². The van der Waals surface area contributed by atoms with Crippen molar-refractivity contribution in [2.24, 2.45) is 0 Å². The lowest BCUT2D eigenvalue weighted by Gasteiger charge is -2.36. The van der Waals surface area contributed by atoms with Gasteiger partial charge in [-0.25, -0.2) is 0 Å². The van der Waals surface area contributed by atoms with E-state index >= 15 is 0 Å². The second-order valence-corrected chi connectivity index (χ2v) is 3.33. The first-order valence-corrected chi connectivity index (χ1v) is 4.09. The van der Waals surface area contributed by atoms with Crippen LogP contribution in [0.4, 0.5) is 57.1 Å². The molecule has 15 heteroatoms. The molecule has 0 aromatic heterocycles. The Bertz CT molecular complexity index is 360. The predicted molar refractivity (Wildman–Crippen MR) is 34.1 cm³/mol. The normalized spacial score (nSPS) is 18.6. The van der Waals surface area contributed by atoms with Gasteiger partial charge in [0.25, 0.3) is 0 Å². The third-order valence-electron chi connectivity index (χ3n) is 1.74. The zero-order valence-electron chi connectivity index (χ0n) is 8.77. The summed E-state index contributed by atoms with van der Waals surface area (Å²) in [4.78, 5) is 0. The van der Waals surface area contributed by atoms with Gasteiger partial charge >= 0.3 is 36.3 Å². The van der Waals surface area contributed by atoms with Gasteiger partial charge < -0.3 is 5.11 Å². The van der Waals surface area contributed by atoms with Crippen molar-refractivity contribution in [1.82, 2.24) is 0 Å². The minimum atomic E-state index is -7.46. The Morgan fingerprint density at radius 3 is 1.10 bits per heavy atom. The summed E-state index contributed by atoms with van der Waals surface area (Å²) in [6.07, 6.45) is -28.9. The number of hydrogen-bond donors (Lipinski definition) is 1. The summed E-state index contributed by atoms with van der Waals surface area (Å²) in [5, 5.41) is 7.49. The maximum Gasteiger partial charge on any atom is 0.462 e. The zero-order chi connectivity index (χ0) is 17.7. The molecule has 0 amide bonds. The SMILES string of the molecule is OC(F)(F)C(F)(OC(F)(F)C(F)(F)C(F)(F)F)C(F)(F)F. The van der Waals surface area contributed by atoms with Crippen LogP contribution in [0.1, 0.15) is 0 Å². The molecule has 0 rings (SSSR count). The smallest absolute Gasteiger partial charge is 0.331 e. The molecule has 1 unspecified atom stereocenters. The summed E-state index contributed by atoms with van der Waals surface area (Å²) in [6, 6.07) is 0. The van der Waals surface area contributed by atoms with E-state index in [1.54, 1.807) is 0 Å². The highest BCUT2D eigenvalue weighted by Crippen LogP contribution is 2.53. The second-order valence-electron chi connectivity index (χ2n) is 3.33. The molecule has 0 saturated heterocycles. The lowest BCUT2D eigenvalue weighted by atomic mass is 10.2. The molecule has 1 N–H and O–H groups in total. The van der Waals surface area contributed by atoms with Gasteiger partial charge in [0.15, 0.2) is 0 Å². The van der Waals surface area contributed by atoms with Crippen LogP contribution < -0.4 is 0 Å². The van der Waals surface area contributed by atoms with Crippen molar-refractivity contribution in [2.75, 3.05) is 0 Å². The summed E-state index contributed by atoms with van der Waals surface area (Å²) in [7, 11) is 0. The second kappa shape index (κ2) is 4.76. The molecule has 0 aromatic carbocycles. The molecule has 128 valence electrons. The van der Waals surface area contributed by atoms with E-state index in [0.717, 1.165) is 0 Å². The van der Waals surface area contributed by atoms with Crippen molar-refractivity contribution >= 4 is 0 Å². The van der Waals surface area contributed by atoms with E-state index in [4.69, 9.17) is 5.11 Å². The summed E-state index contributed by atoms with van der Waals surface area (Å²) in [5.41, 5.74) is 0. The number of alkyl halides is 13. The van der Waals surface area contributed by atoms with Crippen LogP contribution in [-0.2, 0) is 4.74 Å². The Morgan fingerprint density at radius 2 is 0.905 bits per heavy atom. The molecule has 0 heterocycles. The topological polar surface area (TPSA) is 29.5 Å². The van der Waals surface area contributed by atoms with E-state index < -0.39 is 36.3 Å². The van der Waals surface area contributed by atoms with Crippen LogP contribution in [0.3, 0.4) is 0 Å². The van der Waals surface area contributed by atoms with Crippen LogP contribution in [0.2, 0.25) is 0 Å². The fourth-order valence-corrected chi connectivity index (χ4v) is 0.696. The Hall–Kier alpha value is -0.990. The maximum atomic E-state index is 12.7. The molecule has 0 spiro atoms. The van der Waals surface area contributed by atoms with E-state index in [9.17, 15) is 57.1 Å². The molecule has 0 saturated carbocycles. The molecule has 0 aromatic rings. The van der Waals surface area contributed by atoms with Crippen LogP contribution in [0, 0.1) is 0 Å².